The summed E-state index contributed by atoms with van der Waals surface area (Å²) in [6, 6.07) is 0. The van der Waals surface area contributed by atoms with Gasteiger partial charge in [-0.2, -0.15) is 8.78 Å². The quantitative estimate of drug-likeness (QED) is 0.573. The highest BCUT2D eigenvalue weighted by molar-refractivity contribution is 9.10. The molecule has 0 N–H and O–H groups in total. The van der Waals surface area contributed by atoms with Gasteiger partial charge in [-0.15, -0.1) is 0 Å². The Morgan fingerprint density at radius 2 is 1.92 bits per heavy atom. The maximum Gasteiger partial charge on any atom is 0.396 e. The van der Waals surface area contributed by atoms with E-state index < -0.39 is 16.4 Å². The van der Waals surface area contributed by atoms with Crippen molar-refractivity contribution in [1.82, 2.24) is 0 Å². The molecule has 0 aromatic rings. The van der Waals surface area contributed by atoms with Crippen LogP contribution in [0.5, 0.6) is 0 Å². The third kappa shape index (κ3) is 5.15. The largest absolute Gasteiger partial charge is 0.452 e. The summed E-state index contributed by atoms with van der Waals surface area (Å²) >= 11 is 1.90. The standard InChI is InChI=1S/C7H11BrF2O3/c1-6(2,4-12-3)13-5(11)7(8,9)10/h4H2,1-3H3. The molecular formula is C7H11BrF2O3. The highest BCUT2D eigenvalue weighted by Crippen LogP contribution is 2.25. The fourth-order valence-electron chi connectivity index (χ4n) is 0.686. The molecule has 0 aromatic carbocycles. The van der Waals surface area contributed by atoms with E-state index in [9.17, 15) is 13.6 Å². The zero-order valence-corrected chi connectivity index (χ0v) is 9.15. The van der Waals surface area contributed by atoms with Crippen molar-refractivity contribution < 1.29 is 23.0 Å². The average Bonchev–Trinajstić information content (AvgIpc) is 1.83. The number of carbonyl (C=O) groups is 1. The molecule has 0 saturated heterocycles. The average molecular weight is 261 g/mol. The highest BCUT2D eigenvalue weighted by Gasteiger charge is 2.40. The van der Waals surface area contributed by atoms with Crippen molar-refractivity contribution in [2.45, 2.75) is 24.3 Å². The van der Waals surface area contributed by atoms with Crippen molar-refractivity contribution in [3.05, 3.63) is 0 Å². The van der Waals surface area contributed by atoms with E-state index in [-0.39, 0.29) is 6.61 Å². The number of hydrogen-bond acceptors (Lipinski definition) is 3. The van der Waals surface area contributed by atoms with Crippen molar-refractivity contribution in [2.75, 3.05) is 13.7 Å². The third-order valence-electron chi connectivity index (χ3n) is 1.09. The molecule has 0 radical (unpaired) electrons. The Hall–Kier alpha value is -0.230. The highest BCUT2D eigenvalue weighted by atomic mass is 79.9. The van der Waals surface area contributed by atoms with Gasteiger partial charge in [0, 0.05) is 23.0 Å². The van der Waals surface area contributed by atoms with E-state index in [2.05, 4.69) is 9.47 Å². The minimum atomic E-state index is -3.64. The van der Waals surface area contributed by atoms with E-state index in [0.717, 1.165) is 0 Å². The van der Waals surface area contributed by atoms with E-state index in [4.69, 9.17) is 0 Å². The van der Waals surface area contributed by atoms with Gasteiger partial charge in [0.15, 0.2) is 0 Å². The Morgan fingerprint density at radius 3 is 2.23 bits per heavy atom. The third-order valence-corrected chi connectivity index (χ3v) is 1.42. The summed E-state index contributed by atoms with van der Waals surface area (Å²) in [6.07, 6.45) is 0. The SMILES string of the molecule is COCC(C)(C)OC(=O)C(F)(F)Br. The monoisotopic (exact) mass is 260 g/mol. The van der Waals surface area contributed by atoms with E-state index >= 15 is 0 Å². The number of alkyl halides is 3. The summed E-state index contributed by atoms with van der Waals surface area (Å²) < 4.78 is 33.7. The van der Waals surface area contributed by atoms with E-state index in [1.165, 1.54) is 21.0 Å². The molecule has 0 aliphatic rings. The molecule has 3 nitrogen and oxygen atoms in total. The van der Waals surface area contributed by atoms with Crippen LogP contribution in [0.3, 0.4) is 0 Å². The second kappa shape index (κ2) is 4.32. The molecule has 0 fully saturated rings. The first-order valence-corrected chi connectivity index (χ1v) is 4.27. The Morgan fingerprint density at radius 1 is 1.46 bits per heavy atom. The number of methoxy groups -OCH3 is 1. The van der Waals surface area contributed by atoms with Crippen LogP contribution in [-0.2, 0) is 14.3 Å². The normalized spacial score (nSPS) is 12.8. The van der Waals surface area contributed by atoms with Gasteiger partial charge >= 0.3 is 10.8 Å². The van der Waals surface area contributed by atoms with Crippen molar-refractivity contribution in [1.29, 1.82) is 0 Å². The van der Waals surface area contributed by atoms with Crippen molar-refractivity contribution in [3.63, 3.8) is 0 Å². The Bertz CT molecular complexity index is 189. The zero-order valence-electron chi connectivity index (χ0n) is 7.57. The van der Waals surface area contributed by atoms with Crippen LogP contribution in [0.25, 0.3) is 0 Å². The lowest BCUT2D eigenvalue weighted by Crippen LogP contribution is -2.37. The summed E-state index contributed by atoms with van der Waals surface area (Å²) in [5.41, 5.74) is -1.05. The molecule has 78 valence electrons. The van der Waals surface area contributed by atoms with Gasteiger partial charge in [0.05, 0.1) is 6.61 Å². The van der Waals surface area contributed by atoms with Crippen LogP contribution in [0, 0.1) is 0 Å². The zero-order chi connectivity index (χ0) is 10.7. The van der Waals surface area contributed by atoms with Crippen LogP contribution in [0.1, 0.15) is 13.8 Å². The van der Waals surface area contributed by atoms with Gasteiger partial charge in [-0.05, 0) is 13.8 Å². The molecule has 0 aromatic heterocycles. The van der Waals surface area contributed by atoms with Crippen molar-refractivity contribution >= 4 is 21.9 Å². The summed E-state index contributed by atoms with van der Waals surface area (Å²) in [6.45, 7) is 3.02. The van der Waals surface area contributed by atoms with Gasteiger partial charge < -0.3 is 9.47 Å². The first-order valence-electron chi connectivity index (χ1n) is 3.48. The van der Waals surface area contributed by atoms with E-state index in [1.54, 1.807) is 0 Å². The molecule has 0 heterocycles. The Balaban J connectivity index is 4.20. The van der Waals surface area contributed by atoms with Gasteiger partial charge in [0.1, 0.15) is 5.60 Å². The van der Waals surface area contributed by atoms with Crippen LogP contribution in [0.2, 0.25) is 0 Å². The molecule has 0 amide bonds. The second-order valence-corrected chi connectivity index (χ2v) is 4.08. The number of rotatable bonds is 4. The summed E-state index contributed by atoms with van der Waals surface area (Å²) in [5.74, 6) is -1.62. The van der Waals surface area contributed by atoms with Crippen LogP contribution in [0.4, 0.5) is 8.78 Å². The fourth-order valence-corrected chi connectivity index (χ4v) is 0.767. The number of hydrogen-bond donors (Lipinski definition) is 0. The topological polar surface area (TPSA) is 35.5 Å². The second-order valence-electron chi connectivity index (χ2n) is 3.08. The molecule has 0 aliphatic heterocycles. The lowest BCUT2D eigenvalue weighted by molar-refractivity contribution is -0.176. The number of esters is 1. The van der Waals surface area contributed by atoms with Gasteiger partial charge in [-0.25, -0.2) is 4.79 Å². The first kappa shape index (κ1) is 12.8. The predicted octanol–water partition coefficient (Wildman–Crippen LogP) is 1.94. The van der Waals surface area contributed by atoms with E-state index in [0.29, 0.717) is 0 Å². The number of halogens is 3. The van der Waals surface area contributed by atoms with Crippen LogP contribution in [0.15, 0.2) is 0 Å². The van der Waals surface area contributed by atoms with E-state index in [1.807, 2.05) is 15.9 Å². The Labute approximate surface area is 83.5 Å². The first-order chi connectivity index (χ1) is 5.69. The van der Waals surface area contributed by atoms with Crippen LogP contribution >= 0.6 is 15.9 Å². The smallest absolute Gasteiger partial charge is 0.396 e. The maximum absolute atomic E-state index is 12.3. The van der Waals surface area contributed by atoms with Crippen molar-refractivity contribution in [3.8, 4) is 0 Å². The van der Waals surface area contributed by atoms with Crippen LogP contribution in [-0.4, -0.2) is 30.1 Å². The summed E-state index contributed by atoms with van der Waals surface area (Å²) in [4.78, 5) is 7.04. The molecule has 0 saturated carbocycles. The lowest BCUT2D eigenvalue weighted by atomic mass is 10.1. The molecule has 0 rings (SSSR count). The van der Waals surface area contributed by atoms with Gasteiger partial charge in [0.2, 0.25) is 0 Å². The molecule has 0 spiro atoms. The van der Waals surface area contributed by atoms with Crippen LogP contribution < -0.4 is 0 Å². The van der Waals surface area contributed by atoms with Gasteiger partial charge in [-0.3, -0.25) is 0 Å². The molecule has 0 atom stereocenters. The van der Waals surface area contributed by atoms with Gasteiger partial charge in [0.25, 0.3) is 0 Å². The minimum absolute atomic E-state index is 0.0574. The minimum Gasteiger partial charge on any atom is -0.452 e. The fraction of sp³-hybridized carbons (Fsp3) is 0.857. The molecule has 0 unspecified atom stereocenters. The molecule has 6 heteroatoms. The number of carbonyl (C=O) groups excluding carboxylic acids is 1. The molecule has 13 heavy (non-hydrogen) atoms. The number of ether oxygens (including phenoxy) is 2. The lowest BCUT2D eigenvalue weighted by Gasteiger charge is -2.24. The summed E-state index contributed by atoms with van der Waals surface area (Å²) in [5, 5.41) is 0. The Kier molecular flexibility index (Phi) is 4.25. The van der Waals surface area contributed by atoms with Gasteiger partial charge in [-0.1, -0.05) is 0 Å². The van der Waals surface area contributed by atoms with Crippen molar-refractivity contribution in [2.24, 2.45) is 0 Å². The predicted molar refractivity (Wildman–Crippen MR) is 45.9 cm³/mol. The molecular weight excluding hydrogens is 250 g/mol. The maximum atomic E-state index is 12.3. The molecule has 0 bridgehead atoms. The summed E-state index contributed by atoms with van der Waals surface area (Å²) in [7, 11) is 1.39. The molecule has 0 aliphatic carbocycles.